The van der Waals surface area contributed by atoms with Crippen molar-refractivity contribution in [1.29, 1.82) is 0 Å². The van der Waals surface area contributed by atoms with E-state index in [1.165, 1.54) is 16.7 Å². The third-order valence-corrected chi connectivity index (χ3v) is 4.61. The van der Waals surface area contributed by atoms with E-state index in [-0.39, 0.29) is 18.4 Å². The smallest absolute Gasteiger partial charge is 0.239 e. The van der Waals surface area contributed by atoms with Gasteiger partial charge in [0, 0.05) is 0 Å². The second kappa shape index (κ2) is 4.98. The highest BCUT2D eigenvalue weighted by atomic mass is 32.2. The van der Waals surface area contributed by atoms with Gasteiger partial charge in [0.2, 0.25) is 11.8 Å². The fourth-order valence-corrected chi connectivity index (χ4v) is 3.21. The maximum absolute atomic E-state index is 11.7. The Hall–Kier alpha value is -0.550. The molecule has 2 amide bonds. The molecule has 1 saturated carbocycles. The number of imide groups is 1. The Kier molecular flexibility index (Phi) is 3.78. The van der Waals surface area contributed by atoms with Crippen molar-refractivity contribution >= 4 is 23.6 Å². The monoisotopic (exact) mass is 257 g/mol. The molecule has 0 unspecified atom stereocenters. The normalized spacial score (nSPS) is 35.2. The molecule has 1 saturated heterocycles. The summed E-state index contributed by atoms with van der Waals surface area (Å²) in [5.41, 5.74) is -0.847. The highest BCUT2D eigenvalue weighted by molar-refractivity contribution is 8.00. The summed E-state index contributed by atoms with van der Waals surface area (Å²) in [7, 11) is 0. The molecule has 0 spiro atoms. The van der Waals surface area contributed by atoms with Crippen LogP contribution in [-0.2, 0) is 9.59 Å². The quantitative estimate of drug-likeness (QED) is 0.751. The van der Waals surface area contributed by atoms with Crippen LogP contribution in [0.2, 0.25) is 0 Å². The van der Waals surface area contributed by atoms with Gasteiger partial charge in [-0.3, -0.25) is 14.5 Å². The van der Waals surface area contributed by atoms with Gasteiger partial charge in [0.25, 0.3) is 0 Å². The van der Waals surface area contributed by atoms with Crippen LogP contribution >= 0.6 is 11.8 Å². The van der Waals surface area contributed by atoms with Crippen LogP contribution in [-0.4, -0.2) is 45.5 Å². The first kappa shape index (κ1) is 12.9. The van der Waals surface area contributed by atoms with Gasteiger partial charge in [-0.15, -0.1) is 11.8 Å². The van der Waals surface area contributed by atoms with Crippen LogP contribution in [0, 0.1) is 5.92 Å². The molecule has 5 heteroatoms. The zero-order valence-electron chi connectivity index (χ0n) is 10.1. The second-order valence-corrected chi connectivity index (χ2v) is 6.26. The number of carbonyl (C=O) groups is 2. The predicted octanol–water partition coefficient (Wildman–Crippen LogP) is 1.03. The van der Waals surface area contributed by atoms with Crippen molar-refractivity contribution in [3.05, 3.63) is 0 Å². The molecule has 17 heavy (non-hydrogen) atoms. The molecular weight excluding hydrogens is 238 g/mol. The summed E-state index contributed by atoms with van der Waals surface area (Å²) in [6.07, 6.45) is 3.33. The summed E-state index contributed by atoms with van der Waals surface area (Å²) in [6.45, 7) is 2.37. The number of hydrogen-bond acceptors (Lipinski definition) is 4. The molecule has 0 atom stereocenters. The number of amides is 2. The number of β-amino-alcohol motifs (C(OH)–C–C–N with tert-alkyl or cyclic N) is 1. The van der Waals surface area contributed by atoms with Crippen molar-refractivity contribution in [2.24, 2.45) is 5.92 Å². The van der Waals surface area contributed by atoms with Gasteiger partial charge in [-0.25, -0.2) is 0 Å². The molecule has 0 radical (unpaired) electrons. The number of aliphatic hydroxyl groups is 1. The second-order valence-electron chi connectivity index (χ2n) is 5.27. The molecule has 0 aromatic rings. The molecule has 96 valence electrons. The first-order valence-electron chi connectivity index (χ1n) is 6.13. The number of rotatable bonds is 2. The summed E-state index contributed by atoms with van der Waals surface area (Å²) in [5.74, 6) is 1.05. The van der Waals surface area contributed by atoms with Crippen LogP contribution in [0.3, 0.4) is 0 Å². The van der Waals surface area contributed by atoms with E-state index >= 15 is 0 Å². The molecule has 0 aromatic carbocycles. The van der Waals surface area contributed by atoms with E-state index in [0.29, 0.717) is 30.3 Å². The van der Waals surface area contributed by atoms with Gasteiger partial charge in [0.05, 0.1) is 23.7 Å². The summed E-state index contributed by atoms with van der Waals surface area (Å²) in [6, 6.07) is 0. The number of thioether (sulfide) groups is 1. The third-order valence-electron chi connectivity index (χ3n) is 3.71. The van der Waals surface area contributed by atoms with E-state index in [4.69, 9.17) is 0 Å². The molecule has 1 heterocycles. The standard InChI is InChI=1S/C12H19NO3S/c1-9-2-4-12(16,5-3-9)8-13-10(14)6-17-7-11(13)15/h9,16H,2-8H2,1H3. The van der Waals surface area contributed by atoms with Crippen molar-refractivity contribution in [2.75, 3.05) is 18.1 Å². The van der Waals surface area contributed by atoms with Crippen LogP contribution in [0.1, 0.15) is 32.6 Å². The van der Waals surface area contributed by atoms with Gasteiger partial charge in [0.15, 0.2) is 0 Å². The van der Waals surface area contributed by atoms with Gasteiger partial charge in [-0.05, 0) is 31.6 Å². The maximum Gasteiger partial charge on any atom is 0.239 e. The highest BCUT2D eigenvalue weighted by Gasteiger charge is 2.38. The van der Waals surface area contributed by atoms with Crippen LogP contribution in [0.5, 0.6) is 0 Å². The zero-order valence-corrected chi connectivity index (χ0v) is 11.0. The highest BCUT2D eigenvalue weighted by Crippen LogP contribution is 2.33. The molecule has 2 rings (SSSR count). The Balaban J connectivity index is 1.99. The van der Waals surface area contributed by atoms with Gasteiger partial charge >= 0.3 is 0 Å². The number of nitrogens with zero attached hydrogens (tertiary/aromatic N) is 1. The molecule has 2 fully saturated rings. The van der Waals surface area contributed by atoms with E-state index in [2.05, 4.69) is 6.92 Å². The van der Waals surface area contributed by atoms with E-state index in [0.717, 1.165) is 12.8 Å². The fourth-order valence-electron chi connectivity index (χ4n) is 2.45. The van der Waals surface area contributed by atoms with Crippen LogP contribution in [0.4, 0.5) is 0 Å². The summed E-state index contributed by atoms with van der Waals surface area (Å²) < 4.78 is 0. The lowest BCUT2D eigenvalue weighted by Crippen LogP contribution is -2.52. The summed E-state index contributed by atoms with van der Waals surface area (Å²) >= 11 is 1.35. The Labute approximate surface area is 106 Å². The fraction of sp³-hybridized carbons (Fsp3) is 0.833. The molecular formula is C12H19NO3S. The minimum Gasteiger partial charge on any atom is -0.388 e. The zero-order chi connectivity index (χ0) is 12.5. The first-order chi connectivity index (χ1) is 8.00. The number of hydrogen-bond donors (Lipinski definition) is 1. The lowest BCUT2D eigenvalue weighted by Gasteiger charge is -2.38. The lowest BCUT2D eigenvalue weighted by atomic mass is 9.79. The van der Waals surface area contributed by atoms with E-state index in [9.17, 15) is 14.7 Å². The van der Waals surface area contributed by atoms with E-state index in [1.807, 2.05) is 0 Å². The van der Waals surface area contributed by atoms with Crippen molar-refractivity contribution < 1.29 is 14.7 Å². The van der Waals surface area contributed by atoms with Gasteiger partial charge in [-0.2, -0.15) is 0 Å². The van der Waals surface area contributed by atoms with Crippen LogP contribution in [0.15, 0.2) is 0 Å². The molecule has 2 aliphatic rings. The SMILES string of the molecule is CC1CCC(O)(CN2C(=O)CSCC2=O)CC1. The molecule has 1 N–H and O–H groups in total. The van der Waals surface area contributed by atoms with Gasteiger partial charge < -0.3 is 5.11 Å². The van der Waals surface area contributed by atoms with Crippen molar-refractivity contribution in [3.8, 4) is 0 Å². The molecule has 1 aliphatic carbocycles. The van der Waals surface area contributed by atoms with Crippen molar-refractivity contribution in [1.82, 2.24) is 4.90 Å². The first-order valence-corrected chi connectivity index (χ1v) is 7.29. The van der Waals surface area contributed by atoms with E-state index in [1.54, 1.807) is 0 Å². The van der Waals surface area contributed by atoms with Crippen LogP contribution < -0.4 is 0 Å². The van der Waals surface area contributed by atoms with Gasteiger partial charge in [0.1, 0.15) is 0 Å². The summed E-state index contributed by atoms with van der Waals surface area (Å²) in [5, 5.41) is 10.4. The molecule has 4 nitrogen and oxygen atoms in total. The Morgan fingerprint density at radius 1 is 1.29 bits per heavy atom. The average Bonchev–Trinajstić information content (AvgIpc) is 2.29. The Bertz CT molecular complexity index is 308. The minimum absolute atomic E-state index is 0.154. The third kappa shape index (κ3) is 3.01. The Morgan fingerprint density at radius 2 is 1.82 bits per heavy atom. The van der Waals surface area contributed by atoms with Crippen LogP contribution in [0.25, 0.3) is 0 Å². The lowest BCUT2D eigenvalue weighted by molar-refractivity contribution is -0.147. The average molecular weight is 257 g/mol. The summed E-state index contributed by atoms with van der Waals surface area (Å²) in [4.78, 5) is 24.6. The molecule has 0 aromatic heterocycles. The van der Waals surface area contributed by atoms with Gasteiger partial charge in [-0.1, -0.05) is 6.92 Å². The van der Waals surface area contributed by atoms with Crippen molar-refractivity contribution in [3.63, 3.8) is 0 Å². The largest absolute Gasteiger partial charge is 0.388 e. The minimum atomic E-state index is -0.847. The predicted molar refractivity (Wildman–Crippen MR) is 66.6 cm³/mol. The van der Waals surface area contributed by atoms with Crippen molar-refractivity contribution in [2.45, 2.75) is 38.2 Å². The Morgan fingerprint density at radius 3 is 2.35 bits per heavy atom. The topological polar surface area (TPSA) is 57.6 Å². The maximum atomic E-state index is 11.7. The molecule has 1 aliphatic heterocycles. The van der Waals surface area contributed by atoms with E-state index < -0.39 is 5.60 Å². The number of carbonyl (C=O) groups excluding carboxylic acids is 2. The molecule has 0 bridgehead atoms.